The Hall–Kier alpha value is -2.62. The molecule has 0 aromatic heterocycles. The van der Waals surface area contributed by atoms with Gasteiger partial charge in [0.25, 0.3) is 0 Å². The fourth-order valence-electron chi connectivity index (χ4n) is 2.37. The molecular formula is C19H21NO3. The molecule has 2 aromatic rings. The SMILES string of the molecule is Cc1ccc(CC(=O)NCCc2cccc(C(=O)O)c2)cc1C. The van der Waals surface area contributed by atoms with Crippen LogP contribution in [0.15, 0.2) is 42.5 Å². The highest BCUT2D eigenvalue weighted by molar-refractivity contribution is 5.87. The average molecular weight is 311 g/mol. The molecule has 4 nitrogen and oxygen atoms in total. The molecule has 4 heteroatoms. The second-order valence-electron chi connectivity index (χ2n) is 5.70. The number of aromatic carboxylic acids is 1. The number of nitrogens with one attached hydrogen (secondary N) is 1. The monoisotopic (exact) mass is 311 g/mol. The zero-order valence-electron chi connectivity index (χ0n) is 13.4. The van der Waals surface area contributed by atoms with E-state index in [1.807, 2.05) is 38.1 Å². The number of rotatable bonds is 6. The van der Waals surface area contributed by atoms with Crippen molar-refractivity contribution in [2.24, 2.45) is 0 Å². The van der Waals surface area contributed by atoms with Gasteiger partial charge in [0.15, 0.2) is 0 Å². The number of carbonyl (C=O) groups excluding carboxylic acids is 1. The summed E-state index contributed by atoms with van der Waals surface area (Å²) in [4.78, 5) is 22.9. The molecule has 0 aliphatic rings. The Morgan fingerprint density at radius 1 is 1.00 bits per heavy atom. The summed E-state index contributed by atoms with van der Waals surface area (Å²) in [5, 5.41) is 11.8. The fraction of sp³-hybridized carbons (Fsp3) is 0.263. The van der Waals surface area contributed by atoms with Crippen LogP contribution in [0.1, 0.15) is 32.6 Å². The van der Waals surface area contributed by atoms with Gasteiger partial charge in [0.1, 0.15) is 0 Å². The van der Waals surface area contributed by atoms with Gasteiger partial charge in [-0.3, -0.25) is 4.79 Å². The van der Waals surface area contributed by atoms with Crippen molar-refractivity contribution in [3.05, 3.63) is 70.3 Å². The van der Waals surface area contributed by atoms with E-state index in [1.165, 1.54) is 11.1 Å². The van der Waals surface area contributed by atoms with Crippen molar-refractivity contribution in [2.45, 2.75) is 26.7 Å². The Kier molecular flexibility index (Phi) is 5.52. The third-order valence-electron chi connectivity index (χ3n) is 3.85. The van der Waals surface area contributed by atoms with E-state index in [0.29, 0.717) is 19.4 Å². The predicted molar refractivity (Wildman–Crippen MR) is 89.7 cm³/mol. The first kappa shape index (κ1) is 16.7. The molecule has 0 atom stereocenters. The van der Waals surface area contributed by atoms with Crippen LogP contribution in [0.4, 0.5) is 0 Å². The lowest BCUT2D eigenvalue weighted by Crippen LogP contribution is -2.27. The van der Waals surface area contributed by atoms with Gasteiger partial charge in [0, 0.05) is 6.54 Å². The van der Waals surface area contributed by atoms with Crippen molar-refractivity contribution >= 4 is 11.9 Å². The lowest BCUT2D eigenvalue weighted by Gasteiger charge is -2.08. The molecule has 0 saturated heterocycles. The molecule has 0 radical (unpaired) electrons. The highest BCUT2D eigenvalue weighted by Gasteiger charge is 2.06. The molecule has 0 fully saturated rings. The number of carboxylic acids is 1. The van der Waals surface area contributed by atoms with Gasteiger partial charge in [-0.15, -0.1) is 0 Å². The van der Waals surface area contributed by atoms with Crippen LogP contribution in [-0.4, -0.2) is 23.5 Å². The van der Waals surface area contributed by atoms with Crippen molar-refractivity contribution in [3.63, 3.8) is 0 Å². The Morgan fingerprint density at radius 3 is 2.48 bits per heavy atom. The van der Waals surface area contributed by atoms with E-state index in [4.69, 9.17) is 5.11 Å². The number of amides is 1. The normalized spacial score (nSPS) is 10.3. The number of aryl methyl sites for hydroxylation is 2. The number of hydrogen-bond donors (Lipinski definition) is 2. The van der Waals surface area contributed by atoms with E-state index < -0.39 is 5.97 Å². The third-order valence-corrected chi connectivity index (χ3v) is 3.85. The Balaban J connectivity index is 1.84. The predicted octanol–water partition coefficient (Wildman–Crippen LogP) is 2.90. The highest BCUT2D eigenvalue weighted by Crippen LogP contribution is 2.10. The Bertz CT molecular complexity index is 722. The van der Waals surface area contributed by atoms with Gasteiger partial charge in [-0.2, -0.15) is 0 Å². The lowest BCUT2D eigenvalue weighted by atomic mass is 10.0. The molecule has 0 heterocycles. The largest absolute Gasteiger partial charge is 0.478 e. The first-order chi connectivity index (χ1) is 11.0. The van der Waals surface area contributed by atoms with Gasteiger partial charge >= 0.3 is 5.97 Å². The smallest absolute Gasteiger partial charge is 0.335 e. The summed E-state index contributed by atoms with van der Waals surface area (Å²) in [6.07, 6.45) is 0.968. The topological polar surface area (TPSA) is 66.4 Å². The summed E-state index contributed by atoms with van der Waals surface area (Å²) in [7, 11) is 0. The van der Waals surface area contributed by atoms with Crippen LogP contribution >= 0.6 is 0 Å². The molecule has 1 amide bonds. The molecule has 0 saturated carbocycles. The lowest BCUT2D eigenvalue weighted by molar-refractivity contribution is -0.120. The number of carboxylic acid groups (broad SMARTS) is 1. The van der Waals surface area contributed by atoms with Crippen LogP contribution in [0.25, 0.3) is 0 Å². The molecule has 0 aliphatic carbocycles. The van der Waals surface area contributed by atoms with Gasteiger partial charge in [0.05, 0.1) is 12.0 Å². The molecule has 120 valence electrons. The van der Waals surface area contributed by atoms with Crippen molar-refractivity contribution in [2.75, 3.05) is 6.54 Å². The summed E-state index contributed by atoms with van der Waals surface area (Å²) in [6.45, 7) is 4.57. The second kappa shape index (κ2) is 7.58. The van der Waals surface area contributed by atoms with Crippen LogP contribution in [0.3, 0.4) is 0 Å². The molecule has 23 heavy (non-hydrogen) atoms. The number of benzene rings is 2. The van der Waals surface area contributed by atoms with Crippen LogP contribution in [0.2, 0.25) is 0 Å². The minimum absolute atomic E-state index is 0.0253. The molecule has 2 rings (SSSR count). The zero-order chi connectivity index (χ0) is 16.8. The summed E-state index contributed by atoms with van der Waals surface area (Å²) in [5.41, 5.74) is 4.56. The zero-order valence-corrected chi connectivity index (χ0v) is 13.4. The van der Waals surface area contributed by atoms with Crippen LogP contribution in [0, 0.1) is 13.8 Å². The Morgan fingerprint density at radius 2 is 1.78 bits per heavy atom. The quantitative estimate of drug-likeness (QED) is 0.862. The van der Waals surface area contributed by atoms with E-state index in [9.17, 15) is 9.59 Å². The standard InChI is InChI=1S/C19H21NO3/c1-13-6-7-16(10-14(13)2)12-18(21)20-9-8-15-4-3-5-17(11-15)19(22)23/h3-7,10-11H,8-9,12H2,1-2H3,(H,20,21)(H,22,23). The molecule has 0 aliphatic heterocycles. The van der Waals surface area contributed by atoms with Gasteiger partial charge in [-0.25, -0.2) is 4.79 Å². The maximum absolute atomic E-state index is 12.0. The summed E-state index contributed by atoms with van der Waals surface area (Å²) in [6, 6.07) is 12.8. The molecule has 0 bridgehead atoms. The van der Waals surface area contributed by atoms with E-state index in [-0.39, 0.29) is 11.5 Å². The van der Waals surface area contributed by atoms with Gasteiger partial charge in [0.2, 0.25) is 5.91 Å². The second-order valence-corrected chi connectivity index (χ2v) is 5.70. The van der Waals surface area contributed by atoms with Crippen LogP contribution in [0.5, 0.6) is 0 Å². The van der Waals surface area contributed by atoms with Crippen molar-refractivity contribution in [1.82, 2.24) is 5.32 Å². The maximum Gasteiger partial charge on any atom is 0.335 e. The minimum atomic E-state index is -0.939. The van der Waals surface area contributed by atoms with Crippen molar-refractivity contribution < 1.29 is 14.7 Å². The highest BCUT2D eigenvalue weighted by atomic mass is 16.4. The van der Waals surface area contributed by atoms with E-state index in [2.05, 4.69) is 5.32 Å². The average Bonchev–Trinajstić information content (AvgIpc) is 2.51. The summed E-state index contributed by atoms with van der Waals surface area (Å²) < 4.78 is 0. The maximum atomic E-state index is 12.0. The third kappa shape index (κ3) is 4.95. The number of hydrogen-bond acceptors (Lipinski definition) is 2. The van der Waals surface area contributed by atoms with Crippen molar-refractivity contribution in [3.8, 4) is 0 Å². The van der Waals surface area contributed by atoms with Crippen LogP contribution in [-0.2, 0) is 17.6 Å². The fourth-order valence-corrected chi connectivity index (χ4v) is 2.37. The molecule has 2 aromatic carbocycles. The number of carbonyl (C=O) groups is 2. The molecule has 0 unspecified atom stereocenters. The van der Waals surface area contributed by atoms with Gasteiger partial charge < -0.3 is 10.4 Å². The van der Waals surface area contributed by atoms with E-state index >= 15 is 0 Å². The minimum Gasteiger partial charge on any atom is -0.478 e. The van der Waals surface area contributed by atoms with Crippen molar-refractivity contribution in [1.29, 1.82) is 0 Å². The van der Waals surface area contributed by atoms with Crippen LogP contribution < -0.4 is 5.32 Å². The molecular weight excluding hydrogens is 290 g/mol. The summed E-state index contributed by atoms with van der Waals surface area (Å²) in [5.74, 6) is -0.965. The molecule has 0 spiro atoms. The Labute approximate surface area is 136 Å². The first-order valence-corrected chi connectivity index (χ1v) is 7.61. The first-order valence-electron chi connectivity index (χ1n) is 7.61. The van der Waals surface area contributed by atoms with Gasteiger partial charge in [-0.1, -0.05) is 30.3 Å². The van der Waals surface area contributed by atoms with E-state index in [1.54, 1.807) is 18.2 Å². The van der Waals surface area contributed by atoms with Gasteiger partial charge in [-0.05, 0) is 54.7 Å². The summed E-state index contributed by atoms with van der Waals surface area (Å²) >= 11 is 0. The van der Waals surface area contributed by atoms with E-state index in [0.717, 1.165) is 11.1 Å². The molecule has 2 N–H and O–H groups in total.